The van der Waals surface area contributed by atoms with Gasteiger partial charge in [-0.2, -0.15) is 0 Å². The molecule has 1 aromatic heterocycles. The van der Waals surface area contributed by atoms with Gasteiger partial charge in [-0.3, -0.25) is 4.79 Å². The van der Waals surface area contributed by atoms with Gasteiger partial charge in [-0.25, -0.2) is 4.39 Å². The van der Waals surface area contributed by atoms with Crippen molar-refractivity contribution in [1.29, 1.82) is 0 Å². The van der Waals surface area contributed by atoms with Crippen LogP contribution in [0.5, 0.6) is 0 Å². The van der Waals surface area contributed by atoms with E-state index in [-0.39, 0.29) is 17.4 Å². The summed E-state index contributed by atoms with van der Waals surface area (Å²) < 4.78 is 13.5. The van der Waals surface area contributed by atoms with E-state index in [0.717, 1.165) is 0 Å². The molecule has 0 aliphatic carbocycles. The Morgan fingerprint density at radius 2 is 2.05 bits per heavy atom. The highest BCUT2D eigenvalue weighted by Gasteiger charge is 2.06. The number of amides is 1. The summed E-state index contributed by atoms with van der Waals surface area (Å²) in [5.74, 6) is 0.0199. The van der Waals surface area contributed by atoms with Crippen molar-refractivity contribution in [3.05, 3.63) is 66.1 Å². The summed E-state index contributed by atoms with van der Waals surface area (Å²) in [6, 6.07) is 9.89. The first-order chi connectivity index (χ1) is 10.7. The molecule has 0 unspecified atom stereocenters. The molecular weight excluding hydrogens is 283 g/mol. The van der Waals surface area contributed by atoms with Crippen LogP contribution < -0.4 is 10.6 Å². The zero-order chi connectivity index (χ0) is 15.8. The molecule has 2 N–H and O–H groups in total. The SMILES string of the molecule is C=CCNC(=O)c1ccc(NCCc2ccccc2F)nn1. The van der Waals surface area contributed by atoms with Crippen molar-refractivity contribution < 1.29 is 9.18 Å². The lowest BCUT2D eigenvalue weighted by molar-refractivity contribution is 0.0952. The van der Waals surface area contributed by atoms with Gasteiger partial charge in [0.05, 0.1) is 0 Å². The van der Waals surface area contributed by atoms with Crippen LogP contribution >= 0.6 is 0 Å². The molecule has 0 saturated carbocycles. The standard InChI is InChI=1S/C16H17FN4O/c1-2-10-19-16(22)14-7-8-15(21-20-14)18-11-9-12-5-3-4-6-13(12)17/h2-8H,1,9-11H2,(H,18,21)(H,19,22). The smallest absolute Gasteiger partial charge is 0.272 e. The zero-order valence-corrected chi connectivity index (χ0v) is 12.1. The molecule has 1 aromatic carbocycles. The third-order valence-electron chi connectivity index (χ3n) is 2.96. The van der Waals surface area contributed by atoms with Gasteiger partial charge < -0.3 is 10.6 Å². The summed E-state index contributed by atoms with van der Waals surface area (Å²) in [7, 11) is 0. The normalized spacial score (nSPS) is 10.0. The molecule has 6 heteroatoms. The second-order valence-corrected chi connectivity index (χ2v) is 4.57. The maximum absolute atomic E-state index is 13.5. The predicted molar refractivity (Wildman–Crippen MR) is 83.2 cm³/mol. The average molecular weight is 300 g/mol. The summed E-state index contributed by atoms with van der Waals surface area (Å²) in [5.41, 5.74) is 0.880. The van der Waals surface area contributed by atoms with Crippen LogP contribution in [0.4, 0.5) is 10.2 Å². The molecule has 2 aromatic rings. The third kappa shape index (κ3) is 4.37. The summed E-state index contributed by atoms with van der Waals surface area (Å²) in [4.78, 5) is 11.6. The van der Waals surface area contributed by atoms with Gasteiger partial charge in [0, 0.05) is 13.1 Å². The molecule has 0 radical (unpaired) electrons. The van der Waals surface area contributed by atoms with Crippen LogP contribution in [0.15, 0.2) is 49.1 Å². The Morgan fingerprint density at radius 1 is 1.23 bits per heavy atom. The summed E-state index contributed by atoms with van der Waals surface area (Å²) in [6.07, 6.45) is 2.12. The van der Waals surface area contributed by atoms with Gasteiger partial charge in [0.1, 0.15) is 11.6 Å². The second-order valence-electron chi connectivity index (χ2n) is 4.57. The molecule has 0 aliphatic heterocycles. The number of benzene rings is 1. The lowest BCUT2D eigenvalue weighted by atomic mass is 10.1. The van der Waals surface area contributed by atoms with E-state index in [1.165, 1.54) is 6.07 Å². The molecule has 0 fully saturated rings. The van der Waals surface area contributed by atoms with Crippen molar-refractivity contribution in [3.8, 4) is 0 Å². The molecule has 22 heavy (non-hydrogen) atoms. The Morgan fingerprint density at radius 3 is 2.73 bits per heavy atom. The van der Waals surface area contributed by atoms with E-state index in [4.69, 9.17) is 0 Å². The van der Waals surface area contributed by atoms with Crippen molar-refractivity contribution >= 4 is 11.7 Å². The zero-order valence-electron chi connectivity index (χ0n) is 12.1. The lowest BCUT2D eigenvalue weighted by Crippen LogP contribution is -2.24. The number of hydrogen-bond acceptors (Lipinski definition) is 4. The first-order valence-corrected chi connectivity index (χ1v) is 6.91. The highest BCUT2D eigenvalue weighted by atomic mass is 19.1. The van der Waals surface area contributed by atoms with E-state index in [2.05, 4.69) is 27.4 Å². The largest absolute Gasteiger partial charge is 0.368 e. The van der Waals surface area contributed by atoms with Crippen LogP contribution in [0, 0.1) is 5.82 Å². The minimum absolute atomic E-state index is 0.218. The Labute approximate surface area is 128 Å². The van der Waals surface area contributed by atoms with Crippen LogP contribution in [-0.4, -0.2) is 29.2 Å². The molecule has 2 rings (SSSR count). The quantitative estimate of drug-likeness (QED) is 0.769. The minimum Gasteiger partial charge on any atom is -0.368 e. The molecule has 114 valence electrons. The third-order valence-corrected chi connectivity index (χ3v) is 2.96. The molecule has 1 amide bonds. The van der Waals surface area contributed by atoms with Gasteiger partial charge in [-0.05, 0) is 30.2 Å². The Kier molecular flexibility index (Phi) is 5.59. The number of nitrogens with zero attached hydrogens (tertiary/aromatic N) is 2. The van der Waals surface area contributed by atoms with Crippen LogP contribution in [0.3, 0.4) is 0 Å². The Bertz CT molecular complexity index is 643. The molecule has 0 aliphatic rings. The second kappa shape index (κ2) is 7.87. The van der Waals surface area contributed by atoms with Crippen molar-refractivity contribution in [2.45, 2.75) is 6.42 Å². The van der Waals surface area contributed by atoms with Gasteiger partial charge in [-0.15, -0.1) is 16.8 Å². The van der Waals surface area contributed by atoms with Crippen molar-refractivity contribution in [2.75, 3.05) is 18.4 Å². The van der Waals surface area contributed by atoms with Crippen LogP contribution in [0.25, 0.3) is 0 Å². The van der Waals surface area contributed by atoms with Crippen LogP contribution in [0.2, 0.25) is 0 Å². The molecule has 0 atom stereocenters. The van der Waals surface area contributed by atoms with Gasteiger partial charge in [-0.1, -0.05) is 24.3 Å². The van der Waals surface area contributed by atoms with E-state index in [0.29, 0.717) is 30.9 Å². The lowest BCUT2D eigenvalue weighted by Gasteiger charge is -2.06. The molecule has 0 saturated heterocycles. The number of nitrogens with one attached hydrogen (secondary N) is 2. The average Bonchev–Trinajstić information content (AvgIpc) is 2.55. The van der Waals surface area contributed by atoms with E-state index in [1.807, 2.05) is 0 Å². The maximum atomic E-state index is 13.5. The topological polar surface area (TPSA) is 66.9 Å². The molecule has 5 nitrogen and oxygen atoms in total. The van der Waals surface area contributed by atoms with E-state index in [1.54, 1.807) is 36.4 Å². The number of aromatic nitrogens is 2. The first-order valence-electron chi connectivity index (χ1n) is 6.91. The van der Waals surface area contributed by atoms with Crippen molar-refractivity contribution in [2.24, 2.45) is 0 Å². The monoisotopic (exact) mass is 300 g/mol. The summed E-state index contributed by atoms with van der Waals surface area (Å²) >= 11 is 0. The number of halogens is 1. The van der Waals surface area contributed by atoms with E-state index >= 15 is 0 Å². The molecule has 1 heterocycles. The fourth-order valence-electron chi connectivity index (χ4n) is 1.83. The number of carbonyl (C=O) groups is 1. The highest BCUT2D eigenvalue weighted by molar-refractivity contribution is 5.92. The fraction of sp³-hybridized carbons (Fsp3) is 0.188. The summed E-state index contributed by atoms with van der Waals surface area (Å²) in [6.45, 7) is 4.42. The molecule has 0 spiro atoms. The highest BCUT2D eigenvalue weighted by Crippen LogP contribution is 2.08. The Hall–Kier alpha value is -2.76. The van der Waals surface area contributed by atoms with Gasteiger partial charge in [0.2, 0.25) is 0 Å². The number of hydrogen-bond donors (Lipinski definition) is 2. The van der Waals surface area contributed by atoms with Gasteiger partial charge in [0.25, 0.3) is 5.91 Å². The minimum atomic E-state index is -0.301. The predicted octanol–water partition coefficient (Wildman–Crippen LogP) is 2.19. The maximum Gasteiger partial charge on any atom is 0.272 e. The van der Waals surface area contributed by atoms with Crippen molar-refractivity contribution in [3.63, 3.8) is 0 Å². The van der Waals surface area contributed by atoms with Gasteiger partial charge in [0.15, 0.2) is 5.69 Å². The first kappa shape index (κ1) is 15.6. The van der Waals surface area contributed by atoms with E-state index < -0.39 is 0 Å². The molecule has 0 bridgehead atoms. The molecular formula is C16H17FN4O. The number of carbonyl (C=O) groups excluding carboxylic acids is 1. The fourth-order valence-corrected chi connectivity index (χ4v) is 1.83. The summed E-state index contributed by atoms with van der Waals surface area (Å²) in [5, 5.41) is 13.4. The van der Waals surface area contributed by atoms with Crippen LogP contribution in [-0.2, 0) is 6.42 Å². The van der Waals surface area contributed by atoms with Crippen LogP contribution in [0.1, 0.15) is 16.1 Å². The van der Waals surface area contributed by atoms with Gasteiger partial charge >= 0.3 is 0 Å². The van der Waals surface area contributed by atoms with Crippen molar-refractivity contribution in [1.82, 2.24) is 15.5 Å². The van der Waals surface area contributed by atoms with E-state index in [9.17, 15) is 9.18 Å². The Balaban J connectivity index is 1.85. The number of rotatable bonds is 7. The number of anilines is 1.